The third-order valence-corrected chi connectivity index (χ3v) is 2.62. The van der Waals surface area contributed by atoms with Crippen molar-refractivity contribution in [3.05, 3.63) is 18.0 Å². The van der Waals surface area contributed by atoms with E-state index in [1.165, 1.54) is 0 Å². The molecule has 0 aliphatic heterocycles. The van der Waals surface area contributed by atoms with Crippen LogP contribution in [0.2, 0.25) is 0 Å². The van der Waals surface area contributed by atoms with Gasteiger partial charge in [0.05, 0.1) is 16.6 Å². The first-order chi connectivity index (χ1) is 7.50. The summed E-state index contributed by atoms with van der Waals surface area (Å²) in [5, 5.41) is 6.97. The largest absolute Gasteiger partial charge is 0.393 e. The molecule has 0 aliphatic carbocycles. The number of thiocarbonyl (C=S) groups is 1. The van der Waals surface area contributed by atoms with Gasteiger partial charge in [-0.05, 0) is 13.0 Å². The fourth-order valence-electron chi connectivity index (χ4n) is 1.19. The van der Waals surface area contributed by atoms with Crippen molar-refractivity contribution in [1.82, 2.24) is 15.1 Å². The van der Waals surface area contributed by atoms with Crippen LogP contribution < -0.4 is 11.1 Å². The van der Waals surface area contributed by atoms with Gasteiger partial charge in [-0.3, -0.25) is 9.48 Å². The molecule has 0 spiro atoms. The van der Waals surface area contributed by atoms with E-state index in [0.29, 0.717) is 13.0 Å². The summed E-state index contributed by atoms with van der Waals surface area (Å²) in [5.74, 6) is -0.554. The summed E-state index contributed by atoms with van der Waals surface area (Å²) in [6.45, 7) is 2.24. The van der Waals surface area contributed by atoms with Gasteiger partial charge in [0.15, 0.2) is 0 Å². The Morgan fingerprint density at radius 1 is 1.75 bits per heavy atom. The number of carbonyl (C=O) groups excluding carboxylic acids is 1. The third kappa shape index (κ3) is 3.62. The quantitative estimate of drug-likeness (QED) is 0.711. The molecule has 0 saturated heterocycles. The lowest BCUT2D eigenvalue weighted by Gasteiger charge is -2.09. The molecule has 0 bridgehead atoms. The highest BCUT2D eigenvalue weighted by Crippen LogP contribution is 1.97. The molecule has 1 amide bonds. The van der Waals surface area contributed by atoms with Gasteiger partial charge >= 0.3 is 0 Å². The monoisotopic (exact) mass is 240 g/mol. The first-order valence-corrected chi connectivity index (χ1v) is 5.47. The first-order valence-electron chi connectivity index (χ1n) is 5.06. The molecule has 16 heavy (non-hydrogen) atoms. The predicted octanol–water partition coefficient (Wildman–Crippen LogP) is 0.00100. The molecule has 1 heterocycles. The number of nitrogens with one attached hydrogen (secondary N) is 1. The average molecular weight is 240 g/mol. The van der Waals surface area contributed by atoms with Gasteiger partial charge < -0.3 is 11.1 Å². The number of nitrogens with two attached hydrogens (primary N) is 1. The van der Waals surface area contributed by atoms with E-state index in [2.05, 4.69) is 10.4 Å². The first kappa shape index (κ1) is 12.6. The molecule has 0 fully saturated rings. The van der Waals surface area contributed by atoms with Gasteiger partial charge in [-0.1, -0.05) is 12.2 Å². The van der Waals surface area contributed by atoms with Gasteiger partial charge in [0.25, 0.3) is 0 Å². The highest BCUT2D eigenvalue weighted by Gasteiger charge is 2.14. The smallest absolute Gasteiger partial charge is 0.229 e. The number of hydrogen-bond donors (Lipinski definition) is 2. The maximum Gasteiger partial charge on any atom is 0.229 e. The van der Waals surface area contributed by atoms with Crippen LogP contribution in [0.25, 0.3) is 0 Å². The number of amides is 1. The summed E-state index contributed by atoms with van der Waals surface area (Å²) in [6.07, 6.45) is 2.57. The van der Waals surface area contributed by atoms with Crippen molar-refractivity contribution in [3.8, 4) is 0 Å². The highest BCUT2D eigenvalue weighted by molar-refractivity contribution is 7.80. The number of nitrogens with zero attached hydrogens (tertiary/aromatic N) is 2. The molecule has 0 saturated carbocycles. The normalized spacial score (nSPS) is 12.1. The number of carbonyl (C=O) groups is 1. The molecule has 6 heteroatoms. The topological polar surface area (TPSA) is 72.9 Å². The van der Waals surface area contributed by atoms with E-state index in [4.69, 9.17) is 18.0 Å². The van der Waals surface area contributed by atoms with Crippen LogP contribution in [-0.4, -0.2) is 27.2 Å². The van der Waals surface area contributed by atoms with Crippen molar-refractivity contribution in [2.24, 2.45) is 18.7 Å². The Hall–Kier alpha value is -1.43. The van der Waals surface area contributed by atoms with E-state index in [9.17, 15) is 4.79 Å². The van der Waals surface area contributed by atoms with Gasteiger partial charge in [-0.15, -0.1) is 0 Å². The van der Waals surface area contributed by atoms with E-state index in [1.807, 2.05) is 19.3 Å². The minimum Gasteiger partial charge on any atom is -0.393 e. The van der Waals surface area contributed by atoms with Crippen LogP contribution in [0.4, 0.5) is 0 Å². The molecule has 1 unspecified atom stereocenters. The zero-order valence-corrected chi connectivity index (χ0v) is 10.3. The molecule has 0 aliphatic rings. The molecular weight excluding hydrogens is 224 g/mol. The van der Waals surface area contributed by atoms with Crippen molar-refractivity contribution >= 4 is 23.1 Å². The second-order valence-corrected chi connectivity index (χ2v) is 4.12. The van der Waals surface area contributed by atoms with E-state index >= 15 is 0 Å². The molecule has 0 radical (unpaired) electrons. The van der Waals surface area contributed by atoms with Crippen LogP contribution in [-0.2, 0) is 18.3 Å². The van der Waals surface area contributed by atoms with Gasteiger partial charge in [0.1, 0.15) is 0 Å². The summed E-state index contributed by atoms with van der Waals surface area (Å²) < 4.78 is 1.73. The maximum absolute atomic E-state index is 11.5. The fraction of sp³-hybridized carbons (Fsp3) is 0.500. The molecule has 1 atom stereocenters. The number of hydrogen-bond acceptors (Lipinski definition) is 3. The second-order valence-electron chi connectivity index (χ2n) is 3.65. The van der Waals surface area contributed by atoms with Crippen LogP contribution >= 0.6 is 12.2 Å². The van der Waals surface area contributed by atoms with Crippen molar-refractivity contribution < 1.29 is 4.79 Å². The molecular formula is C10H16N4OS. The Labute approximate surface area is 100 Å². The van der Waals surface area contributed by atoms with Gasteiger partial charge in [-0.2, -0.15) is 5.10 Å². The van der Waals surface area contributed by atoms with Crippen molar-refractivity contribution in [3.63, 3.8) is 0 Å². The zero-order valence-electron chi connectivity index (χ0n) is 9.43. The number of aromatic nitrogens is 2. The third-order valence-electron chi connectivity index (χ3n) is 2.27. The van der Waals surface area contributed by atoms with Gasteiger partial charge in [0, 0.05) is 26.2 Å². The van der Waals surface area contributed by atoms with Gasteiger partial charge in [0.2, 0.25) is 5.91 Å². The van der Waals surface area contributed by atoms with Crippen molar-refractivity contribution in [2.45, 2.75) is 13.3 Å². The van der Waals surface area contributed by atoms with E-state index in [-0.39, 0.29) is 10.9 Å². The lowest BCUT2D eigenvalue weighted by molar-refractivity contribution is -0.122. The predicted molar refractivity (Wildman–Crippen MR) is 65.9 cm³/mol. The molecule has 1 rings (SSSR count). The van der Waals surface area contributed by atoms with Crippen LogP contribution in [0, 0.1) is 5.92 Å². The lowest BCUT2D eigenvalue weighted by atomic mass is 10.1. The summed E-state index contributed by atoms with van der Waals surface area (Å²) in [5.41, 5.74) is 6.33. The van der Waals surface area contributed by atoms with E-state index in [0.717, 1.165) is 5.69 Å². The summed E-state index contributed by atoms with van der Waals surface area (Å²) >= 11 is 4.74. The molecule has 3 N–H and O–H groups in total. The van der Waals surface area contributed by atoms with Crippen LogP contribution in [0.1, 0.15) is 12.6 Å². The molecule has 1 aromatic rings. The summed E-state index contributed by atoms with van der Waals surface area (Å²) in [7, 11) is 1.86. The minimum absolute atomic E-state index is 0.136. The Morgan fingerprint density at radius 3 is 2.94 bits per heavy atom. The average Bonchev–Trinajstić information content (AvgIpc) is 2.62. The molecule has 88 valence electrons. The van der Waals surface area contributed by atoms with Gasteiger partial charge in [-0.25, -0.2) is 0 Å². The number of aryl methyl sites for hydroxylation is 1. The Balaban J connectivity index is 2.30. The number of rotatable bonds is 5. The maximum atomic E-state index is 11.5. The highest BCUT2D eigenvalue weighted by atomic mass is 32.1. The lowest BCUT2D eigenvalue weighted by Crippen LogP contribution is -2.37. The Kier molecular flexibility index (Phi) is 4.42. The Bertz CT molecular complexity index is 388. The van der Waals surface area contributed by atoms with Crippen molar-refractivity contribution in [2.75, 3.05) is 6.54 Å². The summed E-state index contributed by atoms with van der Waals surface area (Å²) in [6, 6.07) is 1.92. The minimum atomic E-state index is -0.418. The van der Waals surface area contributed by atoms with Crippen molar-refractivity contribution in [1.29, 1.82) is 0 Å². The zero-order chi connectivity index (χ0) is 12.1. The van der Waals surface area contributed by atoms with Crippen LogP contribution in [0.3, 0.4) is 0 Å². The Morgan fingerprint density at radius 2 is 2.44 bits per heavy atom. The molecule has 0 aromatic carbocycles. The molecule has 1 aromatic heterocycles. The fourth-order valence-corrected chi connectivity index (χ4v) is 1.30. The molecule has 5 nitrogen and oxygen atoms in total. The SMILES string of the molecule is CC(C(=O)NCCc1ccn(C)n1)C(N)=S. The standard InChI is InChI=1S/C10H16N4OS/c1-7(9(11)16)10(15)12-5-3-8-4-6-14(2)13-8/h4,6-7H,3,5H2,1-2H3,(H2,11,16)(H,12,15). The summed E-state index contributed by atoms with van der Waals surface area (Å²) in [4.78, 5) is 11.7. The van der Waals surface area contributed by atoms with E-state index < -0.39 is 5.92 Å². The second kappa shape index (κ2) is 5.60. The van der Waals surface area contributed by atoms with Crippen LogP contribution in [0.5, 0.6) is 0 Å². The van der Waals surface area contributed by atoms with E-state index in [1.54, 1.807) is 11.6 Å². The van der Waals surface area contributed by atoms with Crippen LogP contribution in [0.15, 0.2) is 12.3 Å².